The van der Waals surface area contributed by atoms with Gasteiger partial charge in [0.25, 0.3) is 0 Å². The van der Waals surface area contributed by atoms with Crippen LogP contribution in [0.3, 0.4) is 0 Å². The molecule has 0 radical (unpaired) electrons. The SMILES string of the molecule is Cn1nnnc1-c1cccc(NC(=O)Cc2cn3ccsc3n2)c1. The van der Waals surface area contributed by atoms with Crippen LogP contribution >= 0.6 is 11.3 Å². The van der Waals surface area contributed by atoms with Crippen molar-refractivity contribution < 1.29 is 4.79 Å². The fourth-order valence-electron chi connectivity index (χ4n) is 2.44. The van der Waals surface area contributed by atoms with Crippen molar-refractivity contribution >= 4 is 27.9 Å². The topological polar surface area (TPSA) is 90.0 Å². The predicted octanol–water partition coefficient (Wildman–Crippen LogP) is 1.77. The third-order valence-corrected chi connectivity index (χ3v) is 4.28. The summed E-state index contributed by atoms with van der Waals surface area (Å²) in [5.74, 6) is 0.523. The maximum absolute atomic E-state index is 12.2. The second-order valence-electron chi connectivity index (χ2n) is 5.26. The van der Waals surface area contributed by atoms with Gasteiger partial charge in [0, 0.05) is 36.1 Å². The highest BCUT2D eigenvalue weighted by Gasteiger charge is 2.10. The average molecular weight is 339 g/mol. The molecule has 1 aromatic carbocycles. The highest BCUT2D eigenvalue weighted by molar-refractivity contribution is 7.15. The van der Waals surface area contributed by atoms with Gasteiger partial charge in [-0.2, -0.15) is 0 Å². The van der Waals surface area contributed by atoms with Crippen LogP contribution in [0, 0.1) is 0 Å². The molecule has 0 saturated carbocycles. The molecule has 1 amide bonds. The van der Waals surface area contributed by atoms with E-state index < -0.39 is 0 Å². The Morgan fingerprint density at radius 3 is 3.08 bits per heavy atom. The maximum Gasteiger partial charge on any atom is 0.230 e. The molecule has 120 valence electrons. The summed E-state index contributed by atoms with van der Waals surface area (Å²) >= 11 is 1.54. The van der Waals surface area contributed by atoms with E-state index in [9.17, 15) is 4.79 Å². The molecule has 0 atom stereocenters. The summed E-state index contributed by atoms with van der Waals surface area (Å²) in [6.45, 7) is 0. The number of nitrogens with zero attached hydrogens (tertiary/aromatic N) is 6. The van der Waals surface area contributed by atoms with Crippen LogP contribution in [0.4, 0.5) is 5.69 Å². The van der Waals surface area contributed by atoms with Gasteiger partial charge in [-0.15, -0.1) is 16.4 Å². The highest BCUT2D eigenvalue weighted by atomic mass is 32.1. The van der Waals surface area contributed by atoms with E-state index in [1.165, 1.54) is 0 Å². The summed E-state index contributed by atoms with van der Waals surface area (Å²) in [6, 6.07) is 7.42. The number of aromatic nitrogens is 6. The van der Waals surface area contributed by atoms with E-state index in [1.807, 2.05) is 46.4 Å². The Morgan fingerprint density at radius 1 is 1.38 bits per heavy atom. The second-order valence-corrected chi connectivity index (χ2v) is 6.13. The monoisotopic (exact) mass is 339 g/mol. The highest BCUT2D eigenvalue weighted by Crippen LogP contribution is 2.20. The van der Waals surface area contributed by atoms with Crippen LogP contribution in [0.2, 0.25) is 0 Å². The summed E-state index contributed by atoms with van der Waals surface area (Å²) in [5.41, 5.74) is 2.28. The standard InChI is InChI=1S/C15H13N7OS/c1-21-14(18-19-20-21)10-3-2-4-11(7-10)16-13(23)8-12-9-22-5-6-24-15(22)17-12/h2-7,9H,8H2,1H3,(H,16,23). The Kier molecular flexibility index (Phi) is 3.54. The van der Waals surface area contributed by atoms with Crippen molar-refractivity contribution in [3.05, 3.63) is 47.7 Å². The first-order valence-electron chi connectivity index (χ1n) is 7.23. The van der Waals surface area contributed by atoms with Gasteiger partial charge in [-0.1, -0.05) is 12.1 Å². The number of tetrazole rings is 1. The van der Waals surface area contributed by atoms with Gasteiger partial charge in [0.15, 0.2) is 10.8 Å². The Balaban J connectivity index is 1.49. The number of amides is 1. The van der Waals surface area contributed by atoms with Crippen molar-refractivity contribution in [3.63, 3.8) is 0 Å². The third-order valence-electron chi connectivity index (χ3n) is 3.51. The zero-order chi connectivity index (χ0) is 16.5. The minimum Gasteiger partial charge on any atom is -0.326 e. The first-order valence-corrected chi connectivity index (χ1v) is 8.11. The number of carbonyl (C=O) groups excluding carboxylic acids is 1. The first kappa shape index (κ1) is 14.5. The third kappa shape index (κ3) is 2.76. The summed E-state index contributed by atoms with van der Waals surface area (Å²) in [4.78, 5) is 17.5. The van der Waals surface area contributed by atoms with Crippen molar-refractivity contribution in [2.45, 2.75) is 6.42 Å². The molecule has 24 heavy (non-hydrogen) atoms. The van der Waals surface area contributed by atoms with Crippen molar-refractivity contribution in [3.8, 4) is 11.4 Å². The number of hydrogen-bond acceptors (Lipinski definition) is 6. The van der Waals surface area contributed by atoms with Gasteiger partial charge in [0.2, 0.25) is 5.91 Å². The van der Waals surface area contributed by atoms with Crippen molar-refractivity contribution in [1.82, 2.24) is 29.6 Å². The van der Waals surface area contributed by atoms with Crippen LogP contribution in [0.25, 0.3) is 16.3 Å². The lowest BCUT2D eigenvalue weighted by molar-refractivity contribution is -0.115. The Labute approximate surface area is 140 Å². The number of anilines is 1. The van der Waals surface area contributed by atoms with Gasteiger partial charge in [-0.05, 0) is 22.6 Å². The van der Waals surface area contributed by atoms with E-state index in [0.717, 1.165) is 16.2 Å². The Hall–Kier alpha value is -3.07. The van der Waals surface area contributed by atoms with E-state index in [1.54, 1.807) is 23.1 Å². The quantitative estimate of drug-likeness (QED) is 0.612. The van der Waals surface area contributed by atoms with Crippen molar-refractivity contribution in [2.75, 3.05) is 5.32 Å². The summed E-state index contributed by atoms with van der Waals surface area (Å²) < 4.78 is 3.49. The van der Waals surface area contributed by atoms with Crippen LogP contribution in [-0.2, 0) is 18.3 Å². The molecule has 0 aliphatic heterocycles. The molecule has 0 aliphatic carbocycles. The molecule has 0 unspecified atom stereocenters. The van der Waals surface area contributed by atoms with Crippen LogP contribution in [0.15, 0.2) is 42.0 Å². The van der Waals surface area contributed by atoms with Crippen LogP contribution in [0.5, 0.6) is 0 Å². The molecule has 4 aromatic rings. The van der Waals surface area contributed by atoms with Crippen molar-refractivity contribution in [1.29, 1.82) is 0 Å². The molecular formula is C15H13N7OS. The molecule has 0 bridgehead atoms. The van der Waals surface area contributed by atoms with E-state index in [-0.39, 0.29) is 12.3 Å². The molecule has 4 rings (SSSR count). The summed E-state index contributed by atoms with van der Waals surface area (Å²) in [5, 5.41) is 16.3. The molecule has 8 nitrogen and oxygen atoms in total. The van der Waals surface area contributed by atoms with Gasteiger partial charge in [0.05, 0.1) is 12.1 Å². The van der Waals surface area contributed by atoms with Gasteiger partial charge in [-0.3, -0.25) is 9.20 Å². The van der Waals surface area contributed by atoms with Crippen LogP contribution in [-0.4, -0.2) is 35.5 Å². The fraction of sp³-hybridized carbons (Fsp3) is 0.133. The number of rotatable bonds is 4. The number of benzene rings is 1. The minimum atomic E-state index is -0.117. The molecule has 3 aromatic heterocycles. The number of aryl methyl sites for hydroxylation is 1. The zero-order valence-corrected chi connectivity index (χ0v) is 13.6. The fourth-order valence-corrected chi connectivity index (χ4v) is 3.16. The lowest BCUT2D eigenvalue weighted by atomic mass is 10.2. The first-order chi connectivity index (χ1) is 11.7. The van der Waals surface area contributed by atoms with E-state index in [2.05, 4.69) is 25.8 Å². The summed E-state index contributed by atoms with van der Waals surface area (Å²) in [6.07, 6.45) is 4.02. The Bertz CT molecular complexity index is 987. The molecule has 0 fully saturated rings. The van der Waals surface area contributed by atoms with Gasteiger partial charge in [0.1, 0.15) is 0 Å². The van der Waals surface area contributed by atoms with E-state index in [4.69, 9.17) is 0 Å². The number of hydrogen-bond donors (Lipinski definition) is 1. The van der Waals surface area contributed by atoms with Gasteiger partial charge >= 0.3 is 0 Å². The maximum atomic E-state index is 12.2. The number of thiazole rings is 1. The summed E-state index contributed by atoms with van der Waals surface area (Å²) in [7, 11) is 1.77. The smallest absolute Gasteiger partial charge is 0.230 e. The predicted molar refractivity (Wildman–Crippen MR) is 89.6 cm³/mol. The molecule has 0 spiro atoms. The van der Waals surface area contributed by atoms with E-state index in [0.29, 0.717) is 11.5 Å². The lowest BCUT2D eigenvalue weighted by Gasteiger charge is -2.06. The average Bonchev–Trinajstić information content (AvgIpc) is 3.23. The molecule has 3 heterocycles. The van der Waals surface area contributed by atoms with E-state index >= 15 is 0 Å². The number of fused-ring (bicyclic) bond motifs is 1. The number of nitrogens with one attached hydrogen (secondary N) is 1. The van der Waals surface area contributed by atoms with Gasteiger partial charge in [-0.25, -0.2) is 9.67 Å². The zero-order valence-electron chi connectivity index (χ0n) is 12.7. The molecule has 9 heteroatoms. The second kappa shape index (κ2) is 5.85. The molecule has 1 N–H and O–H groups in total. The normalized spacial score (nSPS) is 11.0. The van der Waals surface area contributed by atoms with Crippen LogP contribution < -0.4 is 5.32 Å². The van der Waals surface area contributed by atoms with Gasteiger partial charge < -0.3 is 5.32 Å². The Morgan fingerprint density at radius 2 is 2.29 bits per heavy atom. The largest absolute Gasteiger partial charge is 0.326 e. The molecule has 0 saturated heterocycles. The van der Waals surface area contributed by atoms with Crippen LogP contribution in [0.1, 0.15) is 5.69 Å². The minimum absolute atomic E-state index is 0.117. The number of carbonyl (C=O) groups is 1. The van der Waals surface area contributed by atoms with Crippen molar-refractivity contribution in [2.24, 2.45) is 7.05 Å². The lowest BCUT2D eigenvalue weighted by Crippen LogP contribution is -2.14. The molecule has 0 aliphatic rings. The number of imidazole rings is 1. The molecular weight excluding hydrogens is 326 g/mol.